The molecule has 30 heavy (non-hydrogen) atoms. The van der Waals surface area contributed by atoms with Crippen LogP contribution in [-0.2, 0) is 12.3 Å². The molecule has 2 aromatic heterocycles. The Kier molecular flexibility index (Phi) is 7.10. The summed E-state index contributed by atoms with van der Waals surface area (Å²) in [6.45, 7) is 4.21. The topological polar surface area (TPSA) is 44.8 Å². The van der Waals surface area contributed by atoms with Crippen molar-refractivity contribution in [3.05, 3.63) is 83.7 Å². The lowest BCUT2D eigenvalue weighted by molar-refractivity contribution is 0.348. The Hall–Kier alpha value is -2.28. The molecule has 0 saturated carbocycles. The van der Waals surface area contributed by atoms with Crippen molar-refractivity contribution in [2.75, 3.05) is 19.3 Å². The van der Waals surface area contributed by atoms with Gasteiger partial charge in [-0.25, -0.2) is 4.98 Å². The highest BCUT2D eigenvalue weighted by Gasteiger charge is 2.09. The quantitative estimate of drug-likeness (QED) is 0.338. The summed E-state index contributed by atoms with van der Waals surface area (Å²) in [5.41, 5.74) is 5.84. The molecule has 4 aromatic rings. The van der Waals surface area contributed by atoms with Gasteiger partial charge in [-0.3, -0.25) is 4.98 Å². The average molecular weight is 435 g/mol. The number of rotatable bonds is 9. The van der Waals surface area contributed by atoms with Gasteiger partial charge in [0.2, 0.25) is 0 Å². The van der Waals surface area contributed by atoms with Gasteiger partial charge in [0.25, 0.3) is 0 Å². The van der Waals surface area contributed by atoms with Gasteiger partial charge in [-0.1, -0.05) is 54.2 Å². The van der Waals surface area contributed by atoms with Crippen LogP contribution in [0.5, 0.6) is 0 Å². The summed E-state index contributed by atoms with van der Waals surface area (Å²) in [7, 11) is 2.18. The molecule has 2 heterocycles. The number of hydrogen-bond donors (Lipinski definition) is 1. The van der Waals surface area contributed by atoms with Crippen molar-refractivity contribution in [3.8, 4) is 0 Å². The number of aromatic amines is 1. The predicted octanol–water partition coefficient (Wildman–Crippen LogP) is 5.78. The number of benzene rings is 2. The van der Waals surface area contributed by atoms with E-state index in [9.17, 15) is 0 Å². The third kappa shape index (κ3) is 5.45. The van der Waals surface area contributed by atoms with Gasteiger partial charge in [0.05, 0.1) is 16.7 Å². The summed E-state index contributed by atoms with van der Waals surface area (Å²) in [5, 5.41) is 0.943. The van der Waals surface area contributed by atoms with Crippen molar-refractivity contribution in [3.63, 3.8) is 0 Å². The molecule has 0 aliphatic carbocycles. The number of para-hydroxylation sites is 2. The van der Waals surface area contributed by atoms with Crippen molar-refractivity contribution >= 4 is 34.6 Å². The SMILES string of the molecule is Cc1c(SCCN(C)Cc2ccccc2)ccnc1CSc1nc2ccccc2[nH]1. The van der Waals surface area contributed by atoms with E-state index in [1.54, 1.807) is 11.8 Å². The second-order valence-electron chi connectivity index (χ2n) is 7.30. The summed E-state index contributed by atoms with van der Waals surface area (Å²) < 4.78 is 0. The Bertz CT molecular complexity index is 1060. The molecule has 0 atom stereocenters. The van der Waals surface area contributed by atoms with Gasteiger partial charge in [-0.05, 0) is 43.3 Å². The fourth-order valence-electron chi connectivity index (χ4n) is 3.28. The minimum absolute atomic E-state index is 0.813. The molecule has 0 fully saturated rings. The number of H-pyrrole nitrogens is 1. The molecular formula is C24H26N4S2. The standard InChI is InChI=1S/C24H26N4S2/c1-18-22(17-30-24-26-20-10-6-7-11-21(20)27-24)25-13-12-23(18)29-15-14-28(2)16-19-8-4-3-5-9-19/h3-13H,14-17H2,1-2H3,(H,26,27). The van der Waals surface area contributed by atoms with E-state index < -0.39 is 0 Å². The summed E-state index contributed by atoms with van der Waals surface area (Å²) in [6.07, 6.45) is 1.93. The van der Waals surface area contributed by atoms with Gasteiger partial charge in [-0.2, -0.15) is 0 Å². The maximum atomic E-state index is 4.65. The lowest BCUT2D eigenvalue weighted by Crippen LogP contribution is -2.20. The number of aromatic nitrogens is 3. The van der Waals surface area contributed by atoms with Crippen LogP contribution in [-0.4, -0.2) is 39.2 Å². The zero-order valence-corrected chi connectivity index (χ0v) is 19.0. The van der Waals surface area contributed by atoms with Crippen LogP contribution in [0.25, 0.3) is 11.0 Å². The Morgan fingerprint density at radius 2 is 1.77 bits per heavy atom. The normalized spacial score (nSPS) is 11.4. The maximum absolute atomic E-state index is 4.65. The number of fused-ring (bicyclic) bond motifs is 1. The second kappa shape index (κ2) is 10.2. The number of nitrogens with zero attached hydrogens (tertiary/aromatic N) is 3. The van der Waals surface area contributed by atoms with E-state index in [0.717, 1.165) is 46.5 Å². The largest absolute Gasteiger partial charge is 0.333 e. The first-order chi connectivity index (χ1) is 14.7. The van der Waals surface area contributed by atoms with Crippen LogP contribution < -0.4 is 0 Å². The maximum Gasteiger partial charge on any atom is 0.166 e. The first-order valence-electron chi connectivity index (χ1n) is 10.1. The highest BCUT2D eigenvalue weighted by molar-refractivity contribution is 7.99. The molecule has 0 unspecified atom stereocenters. The second-order valence-corrected chi connectivity index (χ2v) is 9.40. The van der Waals surface area contributed by atoms with Crippen LogP contribution in [0, 0.1) is 6.92 Å². The molecule has 4 nitrogen and oxygen atoms in total. The molecule has 6 heteroatoms. The predicted molar refractivity (Wildman–Crippen MR) is 128 cm³/mol. The minimum atomic E-state index is 0.813. The molecule has 2 aromatic carbocycles. The summed E-state index contributed by atoms with van der Waals surface area (Å²) in [4.78, 5) is 16.3. The number of hydrogen-bond acceptors (Lipinski definition) is 5. The molecule has 0 radical (unpaired) electrons. The average Bonchev–Trinajstić information content (AvgIpc) is 3.18. The van der Waals surface area contributed by atoms with E-state index in [0.29, 0.717) is 0 Å². The number of nitrogens with one attached hydrogen (secondary N) is 1. The van der Waals surface area contributed by atoms with Gasteiger partial charge in [0.1, 0.15) is 0 Å². The zero-order chi connectivity index (χ0) is 20.8. The Morgan fingerprint density at radius 1 is 0.967 bits per heavy atom. The molecule has 1 N–H and O–H groups in total. The number of thioether (sulfide) groups is 2. The Labute approximate surface area is 186 Å². The van der Waals surface area contributed by atoms with Crippen LogP contribution in [0.3, 0.4) is 0 Å². The highest BCUT2D eigenvalue weighted by Crippen LogP contribution is 2.28. The monoisotopic (exact) mass is 434 g/mol. The Balaban J connectivity index is 1.31. The fourth-order valence-corrected chi connectivity index (χ4v) is 5.30. The van der Waals surface area contributed by atoms with Crippen molar-refractivity contribution in [2.45, 2.75) is 29.3 Å². The number of pyridine rings is 1. The van der Waals surface area contributed by atoms with Crippen molar-refractivity contribution in [2.24, 2.45) is 0 Å². The third-order valence-electron chi connectivity index (χ3n) is 5.00. The first kappa shape index (κ1) is 21.0. The van der Waals surface area contributed by atoms with Gasteiger partial charge >= 0.3 is 0 Å². The van der Waals surface area contributed by atoms with Crippen LogP contribution in [0.1, 0.15) is 16.8 Å². The lowest BCUT2D eigenvalue weighted by Gasteiger charge is -2.17. The molecule has 0 aliphatic rings. The van der Waals surface area contributed by atoms with Crippen molar-refractivity contribution in [1.82, 2.24) is 19.9 Å². The molecule has 0 bridgehead atoms. The van der Waals surface area contributed by atoms with Crippen LogP contribution in [0.15, 0.2) is 76.9 Å². The molecule has 0 amide bonds. The first-order valence-corrected chi connectivity index (χ1v) is 12.0. The van der Waals surface area contributed by atoms with E-state index >= 15 is 0 Å². The molecule has 154 valence electrons. The zero-order valence-electron chi connectivity index (χ0n) is 17.3. The van der Waals surface area contributed by atoms with Crippen molar-refractivity contribution in [1.29, 1.82) is 0 Å². The molecule has 4 rings (SSSR count). The molecular weight excluding hydrogens is 408 g/mol. The molecule has 0 aliphatic heterocycles. The lowest BCUT2D eigenvalue weighted by atomic mass is 10.2. The van der Waals surface area contributed by atoms with E-state index in [1.165, 1.54) is 16.0 Å². The van der Waals surface area contributed by atoms with Gasteiger partial charge < -0.3 is 9.88 Å². The van der Waals surface area contributed by atoms with Gasteiger partial charge in [0, 0.05) is 35.7 Å². The van der Waals surface area contributed by atoms with E-state index in [2.05, 4.69) is 76.3 Å². The smallest absolute Gasteiger partial charge is 0.166 e. The van der Waals surface area contributed by atoms with Crippen LogP contribution >= 0.6 is 23.5 Å². The molecule has 0 spiro atoms. The van der Waals surface area contributed by atoms with Crippen LogP contribution in [0.4, 0.5) is 0 Å². The summed E-state index contributed by atoms with van der Waals surface area (Å²) in [6, 6.07) is 20.9. The van der Waals surface area contributed by atoms with Crippen molar-refractivity contribution < 1.29 is 0 Å². The Morgan fingerprint density at radius 3 is 2.60 bits per heavy atom. The molecule has 0 saturated heterocycles. The van der Waals surface area contributed by atoms with E-state index in [4.69, 9.17) is 0 Å². The van der Waals surface area contributed by atoms with E-state index in [1.807, 2.05) is 36.2 Å². The number of imidazole rings is 1. The minimum Gasteiger partial charge on any atom is -0.333 e. The highest BCUT2D eigenvalue weighted by atomic mass is 32.2. The van der Waals surface area contributed by atoms with Gasteiger partial charge in [-0.15, -0.1) is 11.8 Å². The summed E-state index contributed by atoms with van der Waals surface area (Å²) in [5.74, 6) is 1.87. The fraction of sp³-hybridized carbons (Fsp3) is 0.250. The summed E-state index contributed by atoms with van der Waals surface area (Å²) >= 11 is 3.62. The third-order valence-corrected chi connectivity index (χ3v) is 7.02. The van der Waals surface area contributed by atoms with Gasteiger partial charge in [0.15, 0.2) is 5.16 Å². The van der Waals surface area contributed by atoms with Crippen LogP contribution in [0.2, 0.25) is 0 Å². The van der Waals surface area contributed by atoms with E-state index in [-0.39, 0.29) is 0 Å².